The first-order valence-corrected chi connectivity index (χ1v) is 13.1. The smallest absolute Gasteiger partial charge is 0.326 e. The largest absolute Gasteiger partial charge is 0.480 e. The Labute approximate surface area is 236 Å². The minimum absolute atomic E-state index is 0.0549. The second-order valence-electron chi connectivity index (χ2n) is 9.55. The molecule has 1 heterocycles. The van der Waals surface area contributed by atoms with Gasteiger partial charge in [-0.05, 0) is 30.0 Å². The zero-order valence-electron chi connectivity index (χ0n) is 22.5. The highest BCUT2D eigenvalue weighted by Gasteiger charge is 2.28. The number of guanidine groups is 1. The van der Waals surface area contributed by atoms with Crippen molar-refractivity contribution in [2.75, 3.05) is 13.1 Å². The van der Waals surface area contributed by atoms with E-state index in [0.29, 0.717) is 19.4 Å². The highest BCUT2D eigenvalue weighted by Crippen LogP contribution is 2.19. The molecule has 3 amide bonds. The molecule has 13 nitrogen and oxygen atoms in total. The molecule has 0 bridgehead atoms. The van der Waals surface area contributed by atoms with Crippen molar-refractivity contribution in [3.8, 4) is 0 Å². The number of nitrogens with two attached hydrogens (primary N) is 3. The van der Waals surface area contributed by atoms with Gasteiger partial charge in [0.15, 0.2) is 5.96 Å². The van der Waals surface area contributed by atoms with Gasteiger partial charge in [0.05, 0.1) is 12.6 Å². The third-order valence-electron chi connectivity index (χ3n) is 6.38. The Balaban J connectivity index is 1.67. The van der Waals surface area contributed by atoms with E-state index in [1.807, 2.05) is 30.3 Å². The van der Waals surface area contributed by atoms with Gasteiger partial charge in [-0.25, -0.2) is 4.79 Å². The number of hydrogen-bond donors (Lipinski definition) is 8. The number of H-pyrrole nitrogens is 1. The summed E-state index contributed by atoms with van der Waals surface area (Å²) in [5.41, 5.74) is 18.8. The van der Waals surface area contributed by atoms with E-state index in [1.165, 1.54) is 0 Å². The second-order valence-corrected chi connectivity index (χ2v) is 9.55. The number of benzene rings is 2. The second kappa shape index (κ2) is 15.0. The molecule has 0 aliphatic heterocycles. The van der Waals surface area contributed by atoms with Crippen LogP contribution in [0.15, 0.2) is 65.8 Å². The third kappa shape index (κ3) is 9.65. The number of nitrogens with zero attached hydrogens (tertiary/aromatic N) is 1. The average Bonchev–Trinajstić information content (AvgIpc) is 3.36. The van der Waals surface area contributed by atoms with Crippen molar-refractivity contribution in [3.63, 3.8) is 0 Å². The molecule has 3 aromatic rings. The van der Waals surface area contributed by atoms with Crippen LogP contribution in [0.3, 0.4) is 0 Å². The van der Waals surface area contributed by atoms with Gasteiger partial charge in [0.2, 0.25) is 17.7 Å². The van der Waals surface area contributed by atoms with Crippen LogP contribution >= 0.6 is 0 Å². The Morgan fingerprint density at radius 1 is 0.902 bits per heavy atom. The van der Waals surface area contributed by atoms with Crippen molar-refractivity contribution in [2.45, 2.75) is 43.8 Å². The van der Waals surface area contributed by atoms with Crippen molar-refractivity contribution < 1.29 is 24.3 Å². The molecule has 41 heavy (non-hydrogen) atoms. The summed E-state index contributed by atoms with van der Waals surface area (Å²) in [4.78, 5) is 57.4. The summed E-state index contributed by atoms with van der Waals surface area (Å²) in [6.07, 6.45) is 2.65. The number of amides is 3. The summed E-state index contributed by atoms with van der Waals surface area (Å²) in [7, 11) is 0. The van der Waals surface area contributed by atoms with Crippen LogP contribution in [0.4, 0.5) is 0 Å². The number of hydrogen-bond acceptors (Lipinski definition) is 6. The van der Waals surface area contributed by atoms with E-state index in [2.05, 4.69) is 25.9 Å². The number of para-hydroxylation sites is 1. The minimum atomic E-state index is -1.22. The molecule has 0 aliphatic carbocycles. The Bertz CT molecular complexity index is 1370. The Morgan fingerprint density at radius 3 is 2.32 bits per heavy atom. The molecule has 1 aromatic heterocycles. The highest BCUT2D eigenvalue weighted by molar-refractivity contribution is 5.93. The van der Waals surface area contributed by atoms with Crippen molar-refractivity contribution in [1.82, 2.24) is 20.9 Å². The lowest BCUT2D eigenvalue weighted by molar-refractivity contribution is -0.142. The number of aromatic nitrogens is 1. The van der Waals surface area contributed by atoms with Gasteiger partial charge < -0.3 is 43.2 Å². The van der Waals surface area contributed by atoms with E-state index >= 15 is 0 Å². The zero-order chi connectivity index (χ0) is 29.8. The normalized spacial score (nSPS) is 13.0. The number of fused-ring (bicyclic) bond motifs is 1. The fourth-order valence-corrected chi connectivity index (χ4v) is 4.25. The van der Waals surface area contributed by atoms with Crippen molar-refractivity contribution in [3.05, 3.63) is 71.9 Å². The molecule has 0 fully saturated rings. The van der Waals surface area contributed by atoms with Gasteiger partial charge >= 0.3 is 5.97 Å². The first kappa shape index (κ1) is 30.6. The Kier molecular flexibility index (Phi) is 11.2. The predicted octanol–water partition coefficient (Wildman–Crippen LogP) is -0.496. The molecule has 3 unspecified atom stereocenters. The molecule has 3 rings (SSSR count). The fraction of sp³-hybridized carbons (Fsp3) is 0.321. The number of nitrogens with one attached hydrogen (secondary N) is 4. The molecular weight excluding hydrogens is 528 g/mol. The van der Waals surface area contributed by atoms with Gasteiger partial charge in [0.25, 0.3) is 0 Å². The monoisotopic (exact) mass is 564 g/mol. The Hall–Kier alpha value is -4.91. The van der Waals surface area contributed by atoms with Crippen LogP contribution in [0.2, 0.25) is 0 Å². The third-order valence-corrected chi connectivity index (χ3v) is 6.38. The van der Waals surface area contributed by atoms with Crippen molar-refractivity contribution in [1.29, 1.82) is 0 Å². The lowest BCUT2D eigenvalue weighted by atomic mass is 10.0. The molecule has 218 valence electrons. The van der Waals surface area contributed by atoms with E-state index < -0.39 is 48.4 Å². The van der Waals surface area contributed by atoms with E-state index in [-0.39, 0.29) is 18.8 Å². The molecule has 0 radical (unpaired) electrons. The van der Waals surface area contributed by atoms with Crippen LogP contribution in [-0.2, 0) is 32.0 Å². The quantitative estimate of drug-likeness (QED) is 0.0680. The summed E-state index contributed by atoms with van der Waals surface area (Å²) in [6, 6.07) is 13.1. The first-order chi connectivity index (χ1) is 19.6. The number of aliphatic imine (C=N–C) groups is 1. The van der Waals surface area contributed by atoms with Crippen LogP contribution in [0.5, 0.6) is 0 Å². The molecule has 3 atom stereocenters. The lowest BCUT2D eigenvalue weighted by Crippen LogP contribution is -2.54. The van der Waals surface area contributed by atoms with Crippen molar-refractivity contribution >= 4 is 40.6 Å². The average molecular weight is 565 g/mol. The predicted molar refractivity (Wildman–Crippen MR) is 155 cm³/mol. The molecule has 0 aliphatic rings. The topological polar surface area (TPSA) is 231 Å². The molecule has 0 spiro atoms. The van der Waals surface area contributed by atoms with E-state index in [0.717, 1.165) is 22.0 Å². The summed E-state index contributed by atoms with van der Waals surface area (Å²) in [6.45, 7) is -0.111. The van der Waals surface area contributed by atoms with Gasteiger partial charge in [0.1, 0.15) is 12.1 Å². The first-order valence-electron chi connectivity index (χ1n) is 13.1. The molecule has 13 heteroatoms. The maximum atomic E-state index is 13.4. The van der Waals surface area contributed by atoms with Crippen LogP contribution in [0.1, 0.15) is 24.0 Å². The van der Waals surface area contributed by atoms with Gasteiger partial charge in [-0.2, -0.15) is 0 Å². The summed E-state index contributed by atoms with van der Waals surface area (Å²) in [5.74, 6) is -3.12. The molecule has 0 saturated carbocycles. The fourth-order valence-electron chi connectivity index (χ4n) is 4.25. The number of carbonyl (C=O) groups excluding carboxylic acids is 3. The van der Waals surface area contributed by atoms with E-state index in [9.17, 15) is 24.3 Å². The molecule has 11 N–H and O–H groups in total. The van der Waals surface area contributed by atoms with E-state index in [4.69, 9.17) is 17.2 Å². The number of aromatic amines is 1. The summed E-state index contributed by atoms with van der Waals surface area (Å²) >= 11 is 0. The SMILES string of the molecule is NC(N)=NCCCC(N)C(=O)NCC(=O)NC(Cc1c[nH]c2ccccc12)C(=O)NC(Cc1ccccc1)C(=O)O. The van der Waals surface area contributed by atoms with Crippen LogP contribution in [0.25, 0.3) is 10.9 Å². The van der Waals surface area contributed by atoms with Gasteiger partial charge in [-0.3, -0.25) is 19.4 Å². The van der Waals surface area contributed by atoms with Crippen LogP contribution in [0, 0.1) is 0 Å². The number of carboxylic acid groups (broad SMARTS) is 1. The zero-order valence-corrected chi connectivity index (χ0v) is 22.5. The maximum absolute atomic E-state index is 13.4. The standard InChI is InChI=1S/C28H36N8O5/c29-20(10-6-12-32-28(30)31)25(38)34-16-24(37)35-22(14-18-15-33-21-11-5-4-9-19(18)21)26(39)36-23(27(40)41)13-17-7-2-1-3-8-17/h1-5,7-9,11,15,20,22-23,33H,6,10,12-14,16,29H2,(H,34,38)(H,35,37)(H,36,39)(H,40,41)(H4,30,31,32). The number of carboxylic acids is 1. The van der Waals surface area contributed by atoms with Gasteiger partial charge in [-0.1, -0.05) is 48.5 Å². The lowest BCUT2D eigenvalue weighted by Gasteiger charge is -2.22. The Morgan fingerprint density at radius 2 is 1.61 bits per heavy atom. The van der Waals surface area contributed by atoms with E-state index in [1.54, 1.807) is 30.5 Å². The number of rotatable bonds is 15. The molecule has 0 saturated heterocycles. The van der Waals surface area contributed by atoms with Crippen LogP contribution < -0.4 is 33.2 Å². The molecule has 2 aromatic carbocycles. The number of carbonyl (C=O) groups is 4. The maximum Gasteiger partial charge on any atom is 0.326 e. The summed E-state index contributed by atoms with van der Waals surface area (Å²) in [5, 5.41) is 18.3. The number of aliphatic carboxylic acids is 1. The summed E-state index contributed by atoms with van der Waals surface area (Å²) < 4.78 is 0. The van der Waals surface area contributed by atoms with Crippen molar-refractivity contribution in [2.24, 2.45) is 22.2 Å². The van der Waals surface area contributed by atoms with Gasteiger partial charge in [0, 0.05) is 36.5 Å². The highest BCUT2D eigenvalue weighted by atomic mass is 16.4. The minimum Gasteiger partial charge on any atom is -0.480 e. The van der Waals surface area contributed by atoms with Crippen LogP contribution in [-0.4, -0.2) is 71.0 Å². The van der Waals surface area contributed by atoms with Gasteiger partial charge in [-0.15, -0.1) is 0 Å². The molecular formula is C28H36N8O5.